The largest absolute Gasteiger partial charge is 0.340 e. The number of nitrogens with one attached hydrogen (secondary N) is 1. The monoisotopic (exact) mass is 424 g/mol. The second kappa shape index (κ2) is 8.28. The first-order valence-corrected chi connectivity index (χ1v) is 10.6. The predicted molar refractivity (Wildman–Crippen MR) is 104 cm³/mol. The van der Waals surface area contributed by atoms with Gasteiger partial charge in [-0.15, -0.1) is 0 Å². The van der Waals surface area contributed by atoms with Crippen molar-refractivity contribution < 1.29 is 22.4 Å². The molecule has 1 aliphatic heterocycles. The fourth-order valence-electron chi connectivity index (χ4n) is 2.94. The molecule has 1 saturated heterocycles. The van der Waals surface area contributed by atoms with Crippen LogP contribution in [0.1, 0.15) is 5.56 Å². The highest BCUT2D eigenvalue weighted by atomic mass is 35.5. The molecule has 0 bridgehead atoms. The van der Waals surface area contributed by atoms with E-state index in [0.717, 1.165) is 0 Å². The number of rotatable bonds is 4. The fourth-order valence-corrected chi connectivity index (χ4v) is 4.69. The third-order valence-electron chi connectivity index (χ3n) is 4.49. The van der Waals surface area contributed by atoms with Gasteiger partial charge in [-0.1, -0.05) is 35.9 Å². The van der Waals surface area contributed by atoms with Crippen LogP contribution in [0.25, 0.3) is 0 Å². The number of halogens is 2. The lowest BCUT2D eigenvalue weighted by molar-refractivity contribution is -0.130. The van der Waals surface area contributed by atoms with Crippen molar-refractivity contribution >= 4 is 38.9 Å². The van der Waals surface area contributed by atoms with Crippen molar-refractivity contribution in [3.8, 4) is 0 Å². The van der Waals surface area contributed by atoms with Crippen LogP contribution in [-0.2, 0) is 25.8 Å². The summed E-state index contributed by atoms with van der Waals surface area (Å²) in [5.41, 5.74) is 0.988. The van der Waals surface area contributed by atoms with Crippen molar-refractivity contribution in [1.29, 1.82) is 0 Å². The van der Waals surface area contributed by atoms with Gasteiger partial charge in [0.15, 0.2) is 15.1 Å². The van der Waals surface area contributed by atoms with Crippen LogP contribution in [0.15, 0.2) is 48.5 Å². The Hall–Kier alpha value is -2.45. The van der Waals surface area contributed by atoms with E-state index in [9.17, 15) is 22.4 Å². The highest BCUT2D eigenvalue weighted by Crippen LogP contribution is 2.19. The zero-order valence-electron chi connectivity index (χ0n) is 14.8. The summed E-state index contributed by atoms with van der Waals surface area (Å²) in [7, 11) is -3.67. The number of nitrogens with zero attached hydrogens (tertiary/aromatic N) is 1. The van der Waals surface area contributed by atoms with E-state index >= 15 is 0 Å². The molecule has 0 saturated carbocycles. The predicted octanol–water partition coefficient (Wildman–Crippen LogP) is 2.29. The van der Waals surface area contributed by atoms with Gasteiger partial charge >= 0.3 is 0 Å². The first kappa shape index (κ1) is 20.3. The molecule has 1 heterocycles. The van der Waals surface area contributed by atoms with E-state index in [4.69, 9.17) is 11.6 Å². The number of amides is 2. The molecule has 2 aromatic rings. The van der Waals surface area contributed by atoms with E-state index in [0.29, 0.717) is 11.3 Å². The van der Waals surface area contributed by atoms with E-state index in [1.807, 2.05) is 0 Å². The van der Waals surface area contributed by atoms with Gasteiger partial charge in [-0.2, -0.15) is 0 Å². The lowest BCUT2D eigenvalue weighted by atomic mass is 10.1. The number of sulfone groups is 1. The minimum atomic E-state index is -3.67. The second-order valence-electron chi connectivity index (χ2n) is 6.48. The molecule has 6 nitrogen and oxygen atoms in total. The van der Waals surface area contributed by atoms with Gasteiger partial charge in [0.1, 0.15) is 5.82 Å². The van der Waals surface area contributed by atoms with Crippen molar-refractivity contribution in [3.63, 3.8) is 0 Å². The van der Waals surface area contributed by atoms with Gasteiger partial charge in [0.25, 0.3) is 0 Å². The first-order valence-electron chi connectivity index (χ1n) is 8.55. The van der Waals surface area contributed by atoms with Crippen molar-refractivity contribution in [2.45, 2.75) is 11.7 Å². The molecule has 2 aromatic carbocycles. The van der Waals surface area contributed by atoms with E-state index in [1.165, 1.54) is 23.1 Å². The molecule has 0 aliphatic carbocycles. The van der Waals surface area contributed by atoms with E-state index < -0.39 is 26.8 Å². The Morgan fingerprint density at radius 2 is 1.89 bits per heavy atom. The molecule has 2 amide bonds. The number of benzene rings is 2. The standard InChI is InChI=1S/C19H18ClFN2O4S/c20-15-10-13(6-7-16(15)21)11-18(24)23-8-9-28(26,27)17(12-23)19(25)22-14-4-2-1-3-5-14/h1-7,10,17H,8-9,11-12H2,(H,22,25). The zero-order chi connectivity index (χ0) is 20.3. The Morgan fingerprint density at radius 3 is 2.57 bits per heavy atom. The van der Waals surface area contributed by atoms with Gasteiger partial charge in [-0.3, -0.25) is 9.59 Å². The third kappa shape index (κ3) is 4.69. The molecule has 1 N–H and O–H groups in total. The molecule has 9 heteroatoms. The Bertz CT molecular complexity index is 998. The van der Waals surface area contributed by atoms with Gasteiger partial charge in [-0.25, -0.2) is 12.8 Å². The molecule has 1 aliphatic rings. The minimum Gasteiger partial charge on any atom is -0.340 e. The molecule has 28 heavy (non-hydrogen) atoms. The third-order valence-corrected chi connectivity index (χ3v) is 6.76. The van der Waals surface area contributed by atoms with Gasteiger partial charge in [-0.05, 0) is 29.8 Å². The average Bonchev–Trinajstić information content (AvgIpc) is 2.65. The number of hydrogen-bond acceptors (Lipinski definition) is 4. The summed E-state index contributed by atoms with van der Waals surface area (Å²) in [5, 5.41) is 1.14. The number of hydrogen-bond donors (Lipinski definition) is 1. The summed E-state index contributed by atoms with van der Waals surface area (Å²) >= 11 is 5.73. The summed E-state index contributed by atoms with van der Waals surface area (Å²) in [6, 6.07) is 12.5. The molecule has 3 rings (SSSR count). The molecule has 1 atom stereocenters. The summed E-state index contributed by atoms with van der Waals surface area (Å²) in [6.45, 7) is -0.222. The van der Waals surface area contributed by atoms with Crippen molar-refractivity contribution in [2.75, 3.05) is 24.2 Å². The van der Waals surface area contributed by atoms with E-state index in [2.05, 4.69) is 5.32 Å². The number of carbonyl (C=O) groups is 2. The Kier molecular flexibility index (Phi) is 6.00. The minimum absolute atomic E-state index is 0.00517. The van der Waals surface area contributed by atoms with Crippen LogP contribution in [0.4, 0.5) is 10.1 Å². The molecule has 1 unspecified atom stereocenters. The smallest absolute Gasteiger partial charge is 0.244 e. The molecule has 0 radical (unpaired) electrons. The van der Waals surface area contributed by atoms with Crippen LogP contribution in [0.3, 0.4) is 0 Å². The second-order valence-corrected chi connectivity index (χ2v) is 9.19. The van der Waals surface area contributed by atoms with E-state index in [-0.39, 0.29) is 36.2 Å². The summed E-state index contributed by atoms with van der Waals surface area (Å²) in [5.74, 6) is -1.90. The summed E-state index contributed by atoms with van der Waals surface area (Å²) < 4.78 is 38.0. The van der Waals surface area contributed by atoms with Crippen molar-refractivity contribution in [1.82, 2.24) is 4.90 Å². The fraction of sp³-hybridized carbons (Fsp3) is 0.263. The lowest BCUT2D eigenvalue weighted by Gasteiger charge is -2.32. The highest BCUT2D eigenvalue weighted by Gasteiger charge is 2.39. The number of carbonyl (C=O) groups excluding carboxylic acids is 2. The molecule has 0 aromatic heterocycles. The molecule has 148 valence electrons. The van der Waals surface area contributed by atoms with E-state index in [1.54, 1.807) is 30.3 Å². The Balaban J connectivity index is 1.71. The SMILES string of the molecule is O=C(Nc1ccccc1)C1CN(C(=O)Cc2ccc(F)c(Cl)c2)CCS1(=O)=O. The summed E-state index contributed by atoms with van der Waals surface area (Å²) in [4.78, 5) is 26.4. The molecular formula is C19H18ClFN2O4S. The van der Waals surface area contributed by atoms with Crippen LogP contribution in [0.2, 0.25) is 5.02 Å². The summed E-state index contributed by atoms with van der Waals surface area (Å²) in [6.07, 6.45) is -0.0624. The van der Waals surface area contributed by atoms with Gasteiger partial charge < -0.3 is 10.2 Å². The lowest BCUT2D eigenvalue weighted by Crippen LogP contribution is -2.54. The van der Waals surface area contributed by atoms with Crippen molar-refractivity contribution in [2.24, 2.45) is 0 Å². The molecule has 1 fully saturated rings. The van der Waals surface area contributed by atoms with Crippen LogP contribution < -0.4 is 5.32 Å². The van der Waals surface area contributed by atoms with Crippen LogP contribution in [0, 0.1) is 5.82 Å². The Morgan fingerprint density at radius 1 is 1.18 bits per heavy atom. The first-order chi connectivity index (χ1) is 13.3. The van der Waals surface area contributed by atoms with Crippen LogP contribution in [-0.4, -0.2) is 49.2 Å². The van der Waals surface area contributed by atoms with Crippen molar-refractivity contribution in [3.05, 3.63) is 64.9 Å². The van der Waals surface area contributed by atoms with Gasteiger partial charge in [0.05, 0.1) is 17.2 Å². The number of para-hydroxylation sites is 1. The Labute approximate surface area is 167 Å². The normalized spacial score (nSPS) is 18.5. The van der Waals surface area contributed by atoms with Crippen LogP contribution >= 0.6 is 11.6 Å². The maximum absolute atomic E-state index is 13.3. The number of anilines is 1. The van der Waals surface area contributed by atoms with Gasteiger partial charge in [0.2, 0.25) is 11.8 Å². The van der Waals surface area contributed by atoms with Crippen LogP contribution in [0.5, 0.6) is 0 Å². The maximum atomic E-state index is 13.3. The maximum Gasteiger partial charge on any atom is 0.244 e. The molecule has 0 spiro atoms. The topological polar surface area (TPSA) is 83.6 Å². The highest BCUT2D eigenvalue weighted by molar-refractivity contribution is 7.92. The zero-order valence-corrected chi connectivity index (χ0v) is 16.3. The average molecular weight is 425 g/mol. The quantitative estimate of drug-likeness (QED) is 0.816. The molecular weight excluding hydrogens is 407 g/mol. The van der Waals surface area contributed by atoms with Gasteiger partial charge in [0, 0.05) is 18.8 Å².